The molecule has 114 valence electrons. The summed E-state index contributed by atoms with van der Waals surface area (Å²) in [5.41, 5.74) is 2.13. The maximum atomic E-state index is 11.9. The van der Waals surface area contributed by atoms with Gasteiger partial charge in [0.05, 0.1) is 23.6 Å². The Morgan fingerprint density at radius 1 is 1.29 bits per heavy atom. The molecule has 1 atom stereocenters. The van der Waals surface area contributed by atoms with Crippen molar-refractivity contribution in [2.45, 2.75) is 52.9 Å². The highest BCUT2D eigenvalue weighted by atomic mass is 16.2. The molecule has 0 aliphatic carbocycles. The predicted molar refractivity (Wildman–Crippen MR) is 85.0 cm³/mol. The zero-order valence-corrected chi connectivity index (χ0v) is 13.2. The number of fused-ring (bicyclic) bond motifs is 1. The maximum Gasteiger partial charge on any atom is 0.237 e. The Hall–Kier alpha value is -1.88. The summed E-state index contributed by atoms with van der Waals surface area (Å²) in [6.45, 7) is 9.34. The standard InChI is InChI=1S/C16H24N4O/c1-5-20-14-9-7-6-8-13(14)19-15(20)10-17-12(4)16(21)18-11(2)3/h6-9,11-12,17H,5,10H2,1-4H3,(H,18,21). The number of rotatable bonds is 6. The molecule has 21 heavy (non-hydrogen) atoms. The average molecular weight is 288 g/mol. The van der Waals surface area contributed by atoms with Gasteiger partial charge in [0.2, 0.25) is 5.91 Å². The summed E-state index contributed by atoms with van der Waals surface area (Å²) in [5, 5.41) is 6.15. The van der Waals surface area contributed by atoms with Crippen LogP contribution in [0.3, 0.4) is 0 Å². The summed E-state index contributed by atoms with van der Waals surface area (Å²) in [4.78, 5) is 16.5. The highest BCUT2D eigenvalue weighted by Crippen LogP contribution is 2.15. The van der Waals surface area contributed by atoms with Gasteiger partial charge < -0.3 is 9.88 Å². The first kappa shape index (κ1) is 15.5. The molecule has 0 aliphatic heterocycles. The summed E-state index contributed by atoms with van der Waals surface area (Å²) < 4.78 is 2.18. The second-order valence-electron chi connectivity index (χ2n) is 5.53. The van der Waals surface area contributed by atoms with Gasteiger partial charge in [-0.25, -0.2) is 4.98 Å². The van der Waals surface area contributed by atoms with Crippen LogP contribution in [0.5, 0.6) is 0 Å². The molecule has 2 aromatic rings. The lowest BCUT2D eigenvalue weighted by atomic mass is 10.3. The number of aromatic nitrogens is 2. The first-order valence-corrected chi connectivity index (χ1v) is 7.50. The first-order valence-electron chi connectivity index (χ1n) is 7.50. The summed E-state index contributed by atoms with van der Waals surface area (Å²) in [7, 11) is 0. The van der Waals surface area contributed by atoms with Crippen molar-refractivity contribution in [1.29, 1.82) is 0 Å². The molecule has 0 aliphatic rings. The minimum Gasteiger partial charge on any atom is -0.353 e. The van der Waals surface area contributed by atoms with Crippen molar-refractivity contribution in [2.24, 2.45) is 0 Å². The third kappa shape index (κ3) is 3.61. The van der Waals surface area contributed by atoms with Crippen molar-refractivity contribution < 1.29 is 4.79 Å². The van der Waals surface area contributed by atoms with Crippen LogP contribution in [-0.2, 0) is 17.9 Å². The number of imidazole rings is 1. The number of carbonyl (C=O) groups is 1. The van der Waals surface area contributed by atoms with E-state index in [2.05, 4.69) is 33.2 Å². The third-order valence-corrected chi connectivity index (χ3v) is 3.44. The molecule has 1 amide bonds. The Labute approximate surface area is 125 Å². The predicted octanol–water partition coefficient (Wildman–Crippen LogP) is 2.06. The Balaban J connectivity index is 2.08. The Kier molecular flexibility index (Phi) is 4.96. The molecule has 0 fully saturated rings. The molecule has 5 heteroatoms. The lowest BCUT2D eigenvalue weighted by Crippen LogP contribution is -2.44. The van der Waals surface area contributed by atoms with Gasteiger partial charge in [-0.2, -0.15) is 0 Å². The van der Waals surface area contributed by atoms with Crippen LogP contribution in [-0.4, -0.2) is 27.5 Å². The molecule has 0 saturated heterocycles. The highest BCUT2D eigenvalue weighted by Gasteiger charge is 2.15. The van der Waals surface area contributed by atoms with Crippen LogP contribution in [0.2, 0.25) is 0 Å². The van der Waals surface area contributed by atoms with E-state index in [1.165, 1.54) is 0 Å². The number of para-hydroxylation sites is 2. The number of nitrogens with one attached hydrogen (secondary N) is 2. The molecular formula is C16H24N4O. The molecule has 0 bridgehead atoms. The molecule has 2 N–H and O–H groups in total. The molecule has 0 saturated carbocycles. The van der Waals surface area contributed by atoms with E-state index < -0.39 is 0 Å². The fraction of sp³-hybridized carbons (Fsp3) is 0.500. The Morgan fingerprint density at radius 2 is 2.00 bits per heavy atom. The van der Waals surface area contributed by atoms with Gasteiger partial charge in [-0.1, -0.05) is 12.1 Å². The van der Waals surface area contributed by atoms with E-state index in [1.54, 1.807) is 0 Å². The van der Waals surface area contributed by atoms with Crippen LogP contribution >= 0.6 is 0 Å². The maximum absolute atomic E-state index is 11.9. The van der Waals surface area contributed by atoms with E-state index in [9.17, 15) is 4.79 Å². The zero-order valence-electron chi connectivity index (χ0n) is 13.2. The summed E-state index contributed by atoms with van der Waals surface area (Å²) in [6, 6.07) is 8.01. The SMILES string of the molecule is CCn1c(CNC(C)C(=O)NC(C)C)nc2ccccc21. The van der Waals surface area contributed by atoms with Gasteiger partial charge in [0.1, 0.15) is 5.82 Å². The molecule has 1 heterocycles. The monoisotopic (exact) mass is 288 g/mol. The van der Waals surface area contributed by atoms with Crippen LogP contribution in [0, 0.1) is 0 Å². The fourth-order valence-corrected chi connectivity index (χ4v) is 2.36. The molecule has 5 nitrogen and oxygen atoms in total. The van der Waals surface area contributed by atoms with E-state index in [1.807, 2.05) is 39.0 Å². The second kappa shape index (κ2) is 6.72. The summed E-state index contributed by atoms with van der Waals surface area (Å²) in [6.07, 6.45) is 0. The number of aryl methyl sites for hydroxylation is 1. The number of benzene rings is 1. The van der Waals surface area contributed by atoms with Gasteiger partial charge in [0.15, 0.2) is 0 Å². The van der Waals surface area contributed by atoms with Crippen molar-refractivity contribution in [3.63, 3.8) is 0 Å². The molecule has 1 aromatic heterocycles. The van der Waals surface area contributed by atoms with Crippen molar-refractivity contribution in [3.8, 4) is 0 Å². The van der Waals surface area contributed by atoms with Crippen LogP contribution in [0.25, 0.3) is 11.0 Å². The van der Waals surface area contributed by atoms with Crippen molar-refractivity contribution >= 4 is 16.9 Å². The van der Waals surface area contributed by atoms with Gasteiger partial charge in [0.25, 0.3) is 0 Å². The number of carbonyl (C=O) groups excluding carboxylic acids is 1. The first-order chi connectivity index (χ1) is 10.0. The summed E-state index contributed by atoms with van der Waals surface area (Å²) >= 11 is 0. The molecular weight excluding hydrogens is 264 g/mol. The normalized spacial score (nSPS) is 12.8. The minimum absolute atomic E-state index is 0.0177. The van der Waals surface area contributed by atoms with Crippen molar-refractivity contribution in [3.05, 3.63) is 30.1 Å². The third-order valence-electron chi connectivity index (χ3n) is 3.44. The molecule has 2 rings (SSSR count). The summed E-state index contributed by atoms with van der Waals surface area (Å²) in [5.74, 6) is 0.979. The Morgan fingerprint density at radius 3 is 2.67 bits per heavy atom. The number of hydrogen-bond acceptors (Lipinski definition) is 3. The van der Waals surface area contributed by atoms with E-state index >= 15 is 0 Å². The highest BCUT2D eigenvalue weighted by molar-refractivity contribution is 5.81. The lowest BCUT2D eigenvalue weighted by Gasteiger charge is -2.16. The van der Waals surface area contributed by atoms with E-state index in [0.29, 0.717) is 6.54 Å². The topological polar surface area (TPSA) is 59.0 Å². The van der Waals surface area contributed by atoms with Gasteiger partial charge >= 0.3 is 0 Å². The smallest absolute Gasteiger partial charge is 0.237 e. The van der Waals surface area contributed by atoms with E-state index in [0.717, 1.165) is 23.4 Å². The van der Waals surface area contributed by atoms with Gasteiger partial charge in [-0.15, -0.1) is 0 Å². The Bertz CT molecular complexity index is 618. The van der Waals surface area contributed by atoms with Crippen LogP contribution < -0.4 is 10.6 Å². The molecule has 1 unspecified atom stereocenters. The number of hydrogen-bond donors (Lipinski definition) is 2. The number of nitrogens with zero attached hydrogens (tertiary/aromatic N) is 2. The van der Waals surface area contributed by atoms with Crippen LogP contribution in [0.1, 0.15) is 33.5 Å². The zero-order chi connectivity index (χ0) is 15.4. The molecule has 1 aromatic carbocycles. The average Bonchev–Trinajstić information content (AvgIpc) is 2.81. The van der Waals surface area contributed by atoms with E-state index in [-0.39, 0.29) is 18.0 Å². The van der Waals surface area contributed by atoms with Gasteiger partial charge in [-0.3, -0.25) is 10.1 Å². The largest absolute Gasteiger partial charge is 0.353 e. The van der Waals surface area contributed by atoms with Crippen molar-refractivity contribution in [2.75, 3.05) is 0 Å². The van der Waals surface area contributed by atoms with Crippen molar-refractivity contribution in [1.82, 2.24) is 20.2 Å². The van der Waals surface area contributed by atoms with Gasteiger partial charge in [0, 0.05) is 12.6 Å². The molecule has 0 spiro atoms. The van der Waals surface area contributed by atoms with Crippen LogP contribution in [0.15, 0.2) is 24.3 Å². The molecule has 0 radical (unpaired) electrons. The minimum atomic E-state index is -0.238. The van der Waals surface area contributed by atoms with Gasteiger partial charge in [-0.05, 0) is 39.8 Å². The fourth-order valence-electron chi connectivity index (χ4n) is 2.36. The van der Waals surface area contributed by atoms with Crippen LogP contribution in [0.4, 0.5) is 0 Å². The quantitative estimate of drug-likeness (QED) is 0.855. The van der Waals surface area contributed by atoms with E-state index in [4.69, 9.17) is 0 Å². The second-order valence-corrected chi connectivity index (χ2v) is 5.53. The number of amides is 1. The lowest BCUT2D eigenvalue weighted by molar-refractivity contribution is -0.123.